The van der Waals surface area contributed by atoms with Gasteiger partial charge >= 0.3 is 0 Å². The molecule has 1 aliphatic carbocycles. The molecule has 10 heteroatoms. The molecule has 5 rings (SSSR count). The molecular formula is C25H30N6O3S. The molecule has 0 radical (unpaired) electrons. The summed E-state index contributed by atoms with van der Waals surface area (Å²) in [7, 11) is -2.99. The minimum atomic E-state index is -2.99. The predicted molar refractivity (Wildman–Crippen MR) is 136 cm³/mol. The number of pyridine rings is 2. The monoisotopic (exact) mass is 494 g/mol. The van der Waals surface area contributed by atoms with Gasteiger partial charge in [-0.3, -0.25) is 4.79 Å². The van der Waals surface area contributed by atoms with Gasteiger partial charge in [-0.1, -0.05) is 20.8 Å². The maximum Gasteiger partial charge on any atom is 0.147 e. The van der Waals surface area contributed by atoms with E-state index in [9.17, 15) is 13.2 Å². The highest BCUT2D eigenvalue weighted by Gasteiger charge is 2.43. The van der Waals surface area contributed by atoms with Gasteiger partial charge in [0.15, 0.2) is 0 Å². The van der Waals surface area contributed by atoms with E-state index < -0.39 is 9.84 Å². The van der Waals surface area contributed by atoms with Crippen LogP contribution in [0, 0.1) is 5.92 Å². The third kappa shape index (κ3) is 4.71. The highest BCUT2D eigenvalue weighted by Crippen LogP contribution is 2.39. The Kier molecular flexibility index (Phi) is 5.74. The Morgan fingerprint density at radius 1 is 1.11 bits per heavy atom. The van der Waals surface area contributed by atoms with E-state index in [4.69, 9.17) is 4.98 Å². The number of fused-ring (bicyclic) bond motifs is 1. The SMILES string of the molecule is CC(C)c1cnc(N2CC(CS(C)(=O)=O)C2)c2cnc(Nc3ccnc(C4(C)CC(=O)C4)n3)cc12. The van der Waals surface area contributed by atoms with Crippen molar-refractivity contribution >= 4 is 43.8 Å². The van der Waals surface area contributed by atoms with Crippen molar-refractivity contribution in [1.82, 2.24) is 19.9 Å². The lowest BCUT2D eigenvalue weighted by Gasteiger charge is -2.40. The van der Waals surface area contributed by atoms with E-state index >= 15 is 0 Å². The molecule has 0 aromatic carbocycles. The van der Waals surface area contributed by atoms with Crippen LogP contribution in [0.5, 0.6) is 0 Å². The molecule has 4 heterocycles. The summed E-state index contributed by atoms with van der Waals surface area (Å²) in [4.78, 5) is 32.1. The van der Waals surface area contributed by atoms with Gasteiger partial charge in [-0.2, -0.15) is 0 Å². The topological polar surface area (TPSA) is 118 Å². The van der Waals surface area contributed by atoms with Crippen molar-refractivity contribution in [3.05, 3.63) is 42.1 Å². The number of hydrogen-bond donors (Lipinski definition) is 1. The Hall–Kier alpha value is -3.14. The molecule has 1 N–H and O–H groups in total. The first-order valence-corrected chi connectivity index (χ1v) is 13.9. The Bertz CT molecular complexity index is 1410. The number of aromatic nitrogens is 4. The molecule has 0 spiro atoms. The van der Waals surface area contributed by atoms with Crippen molar-refractivity contribution in [1.29, 1.82) is 0 Å². The Labute approximate surface area is 205 Å². The Morgan fingerprint density at radius 3 is 2.51 bits per heavy atom. The smallest absolute Gasteiger partial charge is 0.147 e. The van der Waals surface area contributed by atoms with Gasteiger partial charge in [0.2, 0.25) is 0 Å². The first-order valence-electron chi connectivity index (χ1n) is 11.8. The first kappa shape index (κ1) is 23.6. The zero-order valence-electron chi connectivity index (χ0n) is 20.4. The second kappa shape index (κ2) is 8.51. The fourth-order valence-electron chi connectivity index (χ4n) is 5.03. The standard InChI is InChI=1S/C25H30N6O3S/c1-15(2)19-10-28-23(31-12-16(13-31)14-35(4,33)34)20-11-27-22(7-18(19)20)29-21-5-6-26-24(30-21)25(3)8-17(32)9-25/h5-7,10-11,15-16H,8-9,12-14H2,1-4H3,(H,26,27,29,30). The number of anilines is 3. The second-order valence-electron chi connectivity index (χ2n) is 10.5. The number of ketones is 1. The molecule has 35 heavy (non-hydrogen) atoms. The van der Waals surface area contributed by atoms with Crippen LogP contribution in [0.1, 0.15) is 50.9 Å². The Morgan fingerprint density at radius 2 is 1.86 bits per heavy atom. The highest BCUT2D eigenvalue weighted by molar-refractivity contribution is 7.90. The van der Waals surface area contributed by atoms with Crippen LogP contribution in [0.4, 0.5) is 17.5 Å². The van der Waals surface area contributed by atoms with E-state index in [2.05, 4.69) is 39.0 Å². The van der Waals surface area contributed by atoms with E-state index in [1.165, 1.54) is 6.26 Å². The maximum absolute atomic E-state index is 11.6. The molecule has 0 unspecified atom stereocenters. The largest absolute Gasteiger partial charge is 0.355 e. The van der Waals surface area contributed by atoms with E-state index in [1.807, 2.05) is 25.4 Å². The summed E-state index contributed by atoms with van der Waals surface area (Å²) in [5.74, 6) is 3.63. The Balaban J connectivity index is 1.43. The van der Waals surface area contributed by atoms with E-state index in [0.29, 0.717) is 43.4 Å². The number of carbonyl (C=O) groups is 1. The van der Waals surface area contributed by atoms with Crippen molar-refractivity contribution < 1.29 is 13.2 Å². The van der Waals surface area contributed by atoms with Gasteiger partial charge in [0, 0.05) is 67.5 Å². The predicted octanol–water partition coefficient (Wildman–Crippen LogP) is 3.39. The van der Waals surface area contributed by atoms with Crippen LogP contribution in [0.15, 0.2) is 30.7 Å². The van der Waals surface area contributed by atoms with Crippen molar-refractivity contribution in [2.75, 3.05) is 35.3 Å². The molecule has 184 valence electrons. The van der Waals surface area contributed by atoms with Gasteiger partial charge in [-0.15, -0.1) is 0 Å². The number of hydrogen-bond acceptors (Lipinski definition) is 9. The first-order chi connectivity index (χ1) is 16.5. The zero-order valence-corrected chi connectivity index (χ0v) is 21.3. The van der Waals surface area contributed by atoms with Crippen LogP contribution in [0.2, 0.25) is 0 Å². The van der Waals surface area contributed by atoms with Crippen molar-refractivity contribution in [2.45, 2.75) is 44.9 Å². The molecule has 3 aromatic heterocycles. The number of Topliss-reactive ketones (excluding diaryl/α,β-unsaturated/α-hetero) is 1. The van der Waals surface area contributed by atoms with Crippen molar-refractivity contribution in [3.8, 4) is 0 Å². The fourth-order valence-corrected chi connectivity index (χ4v) is 6.09. The summed E-state index contributed by atoms with van der Waals surface area (Å²) in [6.07, 6.45) is 7.67. The van der Waals surface area contributed by atoms with Gasteiger partial charge in [-0.05, 0) is 29.0 Å². The maximum atomic E-state index is 11.6. The lowest BCUT2D eigenvalue weighted by Crippen LogP contribution is -2.50. The number of rotatable bonds is 7. The van der Waals surface area contributed by atoms with Crippen LogP contribution in [-0.4, -0.2) is 59.2 Å². The third-order valence-electron chi connectivity index (χ3n) is 6.83. The third-order valence-corrected chi connectivity index (χ3v) is 7.90. The summed E-state index contributed by atoms with van der Waals surface area (Å²) < 4.78 is 23.3. The lowest BCUT2D eigenvalue weighted by atomic mass is 9.69. The van der Waals surface area contributed by atoms with E-state index in [0.717, 1.165) is 22.2 Å². The van der Waals surface area contributed by atoms with Gasteiger partial charge in [0.1, 0.15) is 38.9 Å². The summed E-state index contributed by atoms with van der Waals surface area (Å²) in [6.45, 7) is 7.61. The molecule has 3 aromatic rings. The summed E-state index contributed by atoms with van der Waals surface area (Å²) in [5.41, 5.74) is 0.814. The number of carbonyl (C=O) groups excluding carboxylic acids is 1. The quantitative estimate of drug-likeness (QED) is 0.527. The fraction of sp³-hybridized carbons (Fsp3) is 0.480. The molecule has 0 amide bonds. The van der Waals surface area contributed by atoms with Gasteiger partial charge in [0.25, 0.3) is 0 Å². The van der Waals surface area contributed by atoms with Crippen LogP contribution in [0.3, 0.4) is 0 Å². The molecule has 2 fully saturated rings. The zero-order chi connectivity index (χ0) is 25.0. The van der Waals surface area contributed by atoms with Crippen LogP contribution < -0.4 is 10.2 Å². The number of nitrogens with one attached hydrogen (secondary N) is 1. The van der Waals surface area contributed by atoms with Crippen molar-refractivity contribution in [3.63, 3.8) is 0 Å². The molecule has 0 bridgehead atoms. The van der Waals surface area contributed by atoms with Crippen LogP contribution in [0.25, 0.3) is 10.8 Å². The lowest BCUT2D eigenvalue weighted by molar-refractivity contribution is -0.128. The van der Waals surface area contributed by atoms with Crippen molar-refractivity contribution in [2.24, 2.45) is 5.92 Å². The van der Waals surface area contributed by atoms with Crippen LogP contribution in [-0.2, 0) is 20.0 Å². The minimum absolute atomic E-state index is 0.125. The summed E-state index contributed by atoms with van der Waals surface area (Å²) >= 11 is 0. The molecule has 1 saturated heterocycles. The number of sulfone groups is 1. The average Bonchev–Trinajstić information content (AvgIpc) is 2.73. The van der Waals surface area contributed by atoms with Gasteiger partial charge < -0.3 is 10.2 Å². The van der Waals surface area contributed by atoms with E-state index in [-0.39, 0.29) is 28.8 Å². The minimum Gasteiger partial charge on any atom is -0.355 e. The molecule has 1 aliphatic heterocycles. The van der Waals surface area contributed by atoms with Crippen LogP contribution >= 0.6 is 0 Å². The highest BCUT2D eigenvalue weighted by atomic mass is 32.2. The van der Waals surface area contributed by atoms with E-state index in [1.54, 1.807) is 12.3 Å². The second-order valence-corrected chi connectivity index (χ2v) is 12.7. The molecule has 9 nitrogen and oxygen atoms in total. The normalized spacial score (nSPS) is 18.0. The summed E-state index contributed by atoms with van der Waals surface area (Å²) in [6, 6.07) is 3.81. The molecular weight excluding hydrogens is 464 g/mol. The summed E-state index contributed by atoms with van der Waals surface area (Å²) in [5, 5.41) is 5.30. The van der Waals surface area contributed by atoms with Gasteiger partial charge in [-0.25, -0.2) is 28.4 Å². The number of nitrogens with zero attached hydrogens (tertiary/aromatic N) is 5. The average molecular weight is 495 g/mol. The molecule has 0 atom stereocenters. The molecule has 1 saturated carbocycles. The van der Waals surface area contributed by atoms with Gasteiger partial charge in [0.05, 0.1) is 5.75 Å². The molecule has 2 aliphatic rings.